The Morgan fingerprint density at radius 2 is 1.97 bits per heavy atom. The van der Waals surface area contributed by atoms with Crippen LogP contribution in [0, 0.1) is 6.92 Å². The Bertz CT molecular complexity index is 1370. The fraction of sp³-hybridized carbons (Fsp3) is 0.286. The molecule has 0 aliphatic carbocycles. The molecular weight excluding hydrogens is 426 g/mol. The number of aryl methyl sites for hydroxylation is 1. The molecule has 1 aliphatic heterocycles. The monoisotopic (exact) mass is 455 g/mol. The Kier molecular flexibility index (Phi) is 5.74. The van der Waals surface area contributed by atoms with Crippen molar-refractivity contribution in [2.24, 2.45) is 0 Å². The smallest absolute Gasteiger partial charge is 0.303 e. The first-order valence-corrected chi connectivity index (χ1v) is 11.7. The SMILES string of the molecule is CCc1nc2ccccc2n1-c1cccc(CNc2ccc3c(c2)OC(C)[C@H]3OC(C)=O)c1C. The molecule has 1 unspecified atom stereocenters. The Hall–Kier alpha value is -3.80. The standard InChI is InChI=1S/C28H29N3O3/c1-5-27-30-23-10-6-7-11-25(23)31(27)24-12-8-9-20(17(24)2)16-29-21-13-14-22-26(15-21)33-18(3)28(22)34-19(4)32/h6-15,18,28-29H,5,16H2,1-4H3/t18?,28-/m1/s1. The minimum absolute atomic E-state index is 0.203. The average molecular weight is 456 g/mol. The van der Waals surface area contributed by atoms with Crippen LogP contribution < -0.4 is 10.1 Å². The first-order chi connectivity index (χ1) is 16.5. The van der Waals surface area contributed by atoms with E-state index in [2.05, 4.69) is 60.1 Å². The second kappa shape index (κ2) is 8.86. The number of nitrogens with zero attached hydrogens (tertiary/aromatic N) is 2. The minimum Gasteiger partial charge on any atom is -0.486 e. The van der Waals surface area contributed by atoms with Crippen LogP contribution in [0.1, 0.15) is 49.4 Å². The lowest BCUT2D eigenvalue weighted by Crippen LogP contribution is -2.18. The van der Waals surface area contributed by atoms with Gasteiger partial charge in [0, 0.05) is 37.2 Å². The number of para-hydroxylation sites is 2. The van der Waals surface area contributed by atoms with Crippen LogP contribution in [0.5, 0.6) is 5.75 Å². The van der Waals surface area contributed by atoms with Gasteiger partial charge in [0.05, 0.1) is 16.7 Å². The fourth-order valence-corrected chi connectivity index (χ4v) is 4.72. The maximum atomic E-state index is 11.4. The maximum Gasteiger partial charge on any atom is 0.303 e. The first kappa shape index (κ1) is 22.0. The molecule has 4 aromatic rings. The highest BCUT2D eigenvalue weighted by atomic mass is 16.6. The van der Waals surface area contributed by atoms with E-state index < -0.39 is 0 Å². The number of imidazole rings is 1. The zero-order valence-corrected chi connectivity index (χ0v) is 20.0. The molecule has 0 amide bonds. The van der Waals surface area contributed by atoms with Crippen LogP contribution in [0.4, 0.5) is 5.69 Å². The number of carbonyl (C=O) groups excluding carboxylic acids is 1. The fourth-order valence-electron chi connectivity index (χ4n) is 4.72. The number of carbonyl (C=O) groups is 1. The first-order valence-electron chi connectivity index (χ1n) is 11.7. The van der Waals surface area contributed by atoms with Gasteiger partial charge in [-0.15, -0.1) is 0 Å². The molecule has 6 nitrogen and oxygen atoms in total. The van der Waals surface area contributed by atoms with Gasteiger partial charge in [0.15, 0.2) is 6.10 Å². The summed E-state index contributed by atoms with van der Waals surface area (Å²) in [7, 11) is 0. The van der Waals surface area contributed by atoms with Gasteiger partial charge in [-0.05, 0) is 55.3 Å². The van der Waals surface area contributed by atoms with Crippen LogP contribution in [0.15, 0.2) is 60.7 Å². The molecule has 5 rings (SSSR count). The summed E-state index contributed by atoms with van der Waals surface area (Å²) in [5.41, 5.74) is 7.59. The molecule has 34 heavy (non-hydrogen) atoms. The molecule has 0 fully saturated rings. The van der Waals surface area contributed by atoms with E-state index in [1.54, 1.807) is 0 Å². The van der Waals surface area contributed by atoms with Crippen LogP contribution in [0.25, 0.3) is 16.7 Å². The van der Waals surface area contributed by atoms with Crippen molar-refractivity contribution in [2.75, 3.05) is 5.32 Å². The third kappa shape index (κ3) is 3.89. The van der Waals surface area contributed by atoms with E-state index in [0.29, 0.717) is 6.54 Å². The molecule has 3 aromatic carbocycles. The molecule has 1 N–H and O–H groups in total. The van der Waals surface area contributed by atoms with Crippen molar-refractivity contribution in [3.63, 3.8) is 0 Å². The van der Waals surface area contributed by atoms with Gasteiger partial charge in [-0.1, -0.05) is 31.2 Å². The van der Waals surface area contributed by atoms with Crippen molar-refractivity contribution < 1.29 is 14.3 Å². The summed E-state index contributed by atoms with van der Waals surface area (Å²) in [4.78, 5) is 16.3. The predicted molar refractivity (Wildman–Crippen MR) is 134 cm³/mol. The maximum absolute atomic E-state index is 11.4. The summed E-state index contributed by atoms with van der Waals surface area (Å²) in [6, 6.07) is 20.7. The highest BCUT2D eigenvalue weighted by Crippen LogP contribution is 2.40. The molecule has 2 heterocycles. The van der Waals surface area contributed by atoms with Crippen LogP contribution in [-0.4, -0.2) is 21.6 Å². The lowest BCUT2D eigenvalue weighted by atomic mass is 10.0. The highest BCUT2D eigenvalue weighted by Gasteiger charge is 2.33. The predicted octanol–water partition coefficient (Wildman–Crippen LogP) is 5.89. The molecule has 0 radical (unpaired) electrons. The van der Waals surface area contributed by atoms with Gasteiger partial charge in [-0.3, -0.25) is 9.36 Å². The van der Waals surface area contributed by atoms with E-state index >= 15 is 0 Å². The number of benzene rings is 3. The van der Waals surface area contributed by atoms with Crippen molar-refractivity contribution in [2.45, 2.75) is 52.9 Å². The third-order valence-electron chi connectivity index (χ3n) is 6.44. The van der Waals surface area contributed by atoms with Gasteiger partial charge < -0.3 is 14.8 Å². The second-order valence-corrected chi connectivity index (χ2v) is 8.73. The largest absolute Gasteiger partial charge is 0.486 e. The lowest BCUT2D eigenvalue weighted by molar-refractivity contribution is -0.149. The van der Waals surface area contributed by atoms with Crippen molar-refractivity contribution in [1.82, 2.24) is 9.55 Å². The summed E-state index contributed by atoms with van der Waals surface area (Å²) < 4.78 is 13.7. The summed E-state index contributed by atoms with van der Waals surface area (Å²) >= 11 is 0. The van der Waals surface area contributed by atoms with Gasteiger partial charge in [-0.25, -0.2) is 4.98 Å². The second-order valence-electron chi connectivity index (χ2n) is 8.73. The van der Waals surface area contributed by atoms with Crippen LogP contribution in [0.3, 0.4) is 0 Å². The number of aromatic nitrogens is 2. The Morgan fingerprint density at radius 1 is 1.15 bits per heavy atom. The number of anilines is 1. The zero-order valence-electron chi connectivity index (χ0n) is 20.0. The number of nitrogens with one attached hydrogen (secondary N) is 1. The Labute approximate surface area is 199 Å². The topological polar surface area (TPSA) is 65.4 Å². The average Bonchev–Trinajstić information content (AvgIpc) is 3.35. The number of rotatable bonds is 6. The van der Waals surface area contributed by atoms with Gasteiger partial charge in [0.25, 0.3) is 0 Å². The molecular formula is C28H29N3O3. The molecule has 1 aromatic heterocycles. The summed E-state index contributed by atoms with van der Waals surface area (Å²) in [5, 5.41) is 3.53. The van der Waals surface area contributed by atoms with Crippen molar-refractivity contribution in [3.05, 3.63) is 83.2 Å². The number of hydrogen-bond donors (Lipinski definition) is 1. The molecule has 2 atom stereocenters. The van der Waals surface area contributed by atoms with E-state index in [-0.39, 0.29) is 18.2 Å². The molecule has 0 saturated heterocycles. The van der Waals surface area contributed by atoms with Gasteiger partial charge >= 0.3 is 5.97 Å². The normalized spacial score (nSPS) is 16.8. The Morgan fingerprint density at radius 3 is 2.76 bits per heavy atom. The van der Waals surface area contributed by atoms with E-state index in [1.807, 2.05) is 31.2 Å². The molecule has 0 saturated carbocycles. The van der Waals surface area contributed by atoms with Crippen LogP contribution in [0.2, 0.25) is 0 Å². The quantitative estimate of drug-likeness (QED) is 0.367. The van der Waals surface area contributed by atoms with Crippen molar-refractivity contribution >= 4 is 22.7 Å². The van der Waals surface area contributed by atoms with E-state index in [9.17, 15) is 4.79 Å². The molecule has 6 heteroatoms. The zero-order chi connectivity index (χ0) is 23.8. The molecule has 174 valence electrons. The summed E-state index contributed by atoms with van der Waals surface area (Å²) in [5.74, 6) is 1.51. The summed E-state index contributed by atoms with van der Waals surface area (Å²) in [6.07, 6.45) is 0.294. The van der Waals surface area contributed by atoms with Crippen molar-refractivity contribution in [1.29, 1.82) is 0 Å². The molecule has 0 spiro atoms. The molecule has 1 aliphatic rings. The number of esters is 1. The number of ether oxygens (including phenoxy) is 2. The minimum atomic E-state index is -0.363. The van der Waals surface area contributed by atoms with E-state index in [1.165, 1.54) is 18.1 Å². The lowest BCUT2D eigenvalue weighted by Gasteiger charge is -2.16. The van der Waals surface area contributed by atoms with Gasteiger partial charge in [0.1, 0.15) is 17.7 Å². The Balaban J connectivity index is 1.40. The van der Waals surface area contributed by atoms with Gasteiger partial charge in [0.2, 0.25) is 0 Å². The van der Waals surface area contributed by atoms with E-state index in [0.717, 1.165) is 46.0 Å². The van der Waals surface area contributed by atoms with Crippen molar-refractivity contribution in [3.8, 4) is 11.4 Å². The van der Waals surface area contributed by atoms with Crippen LogP contribution >= 0.6 is 0 Å². The third-order valence-corrected chi connectivity index (χ3v) is 6.44. The number of hydrogen-bond acceptors (Lipinski definition) is 5. The highest BCUT2D eigenvalue weighted by molar-refractivity contribution is 5.78. The number of fused-ring (bicyclic) bond motifs is 2. The summed E-state index contributed by atoms with van der Waals surface area (Å²) in [6.45, 7) is 8.32. The molecule has 0 bridgehead atoms. The van der Waals surface area contributed by atoms with Crippen LogP contribution in [-0.2, 0) is 22.5 Å². The van der Waals surface area contributed by atoms with E-state index in [4.69, 9.17) is 14.5 Å². The van der Waals surface area contributed by atoms with Gasteiger partial charge in [-0.2, -0.15) is 0 Å².